The summed E-state index contributed by atoms with van der Waals surface area (Å²) in [5.74, 6) is -0.477. The number of ether oxygens (including phenoxy) is 2. The van der Waals surface area contributed by atoms with Gasteiger partial charge < -0.3 is 19.6 Å². The average molecular weight is 307 g/mol. The van der Waals surface area contributed by atoms with Crippen molar-refractivity contribution >= 4 is 21.6 Å². The van der Waals surface area contributed by atoms with Gasteiger partial charge >= 0.3 is 4.87 Å². The van der Waals surface area contributed by atoms with Crippen LogP contribution in [0, 0.1) is 0 Å². The van der Waals surface area contributed by atoms with Gasteiger partial charge in [-0.2, -0.15) is 0 Å². The molecule has 1 aromatic carbocycles. The van der Waals surface area contributed by atoms with Gasteiger partial charge in [0.15, 0.2) is 5.79 Å². The zero-order valence-electron chi connectivity index (χ0n) is 11.6. The summed E-state index contributed by atoms with van der Waals surface area (Å²) in [6, 6.07) is 5.69. The van der Waals surface area contributed by atoms with Crippen LogP contribution in [0.4, 0.5) is 0 Å². The Bertz CT molecular complexity index is 719. The molecule has 5 nitrogen and oxygen atoms in total. The van der Waals surface area contributed by atoms with Gasteiger partial charge in [0.2, 0.25) is 0 Å². The van der Waals surface area contributed by atoms with Gasteiger partial charge in [-0.3, -0.25) is 4.79 Å². The van der Waals surface area contributed by atoms with Crippen molar-refractivity contribution in [2.75, 3.05) is 13.2 Å². The van der Waals surface area contributed by atoms with E-state index < -0.39 is 11.4 Å². The minimum Gasteiger partial charge on any atom is -0.385 e. The molecule has 0 amide bonds. The van der Waals surface area contributed by atoms with E-state index in [4.69, 9.17) is 9.47 Å². The minimum absolute atomic E-state index is 0.0653. The number of fused-ring (bicyclic) bond motifs is 1. The van der Waals surface area contributed by atoms with E-state index >= 15 is 0 Å². The highest BCUT2D eigenvalue weighted by Crippen LogP contribution is 2.45. The maximum Gasteiger partial charge on any atom is 0.305 e. The van der Waals surface area contributed by atoms with E-state index in [1.807, 2.05) is 18.2 Å². The largest absolute Gasteiger partial charge is 0.385 e. The van der Waals surface area contributed by atoms with Gasteiger partial charge in [0, 0.05) is 12.8 Å². The number of rotatable bonds is 1. The van der Waals surface area contributed by atoms with Crippen LogP contribution in [0.3, 0.4) is 0 Å². The summed E-state index contributed by atoms with van der Waals surface area (Å²) in [5, 5.41) is 11.0. The van der Waals surface area contributed by atoms with Gasteiger partial charge in [-0.1, -0.05) is 17.4 Å². The number of aliphatic hydroxyl groups is 1. The molecule has 1 aliphatic carbocycles. The van der Waals surface area contributed by atoms with E-state index in [0.29, 0.717) is 38.9 Å². The number of aromatic nitrogens is 1. The van der Waals surface area contributed by atoms with Gasteiger partial charge in [0.1, 0.15) is 0 Å². The van der Waals surface area contributed by atoms with E-state index in [2.05, 4.69) is 4.98 Å². The van der Waals surface area contributed by atoms with Crippen molar-refractivity contribution in [2.24, 2.45) is 0 Å². The Balaban J connectivity index is 1.63. The van der Waals surface area contributed by atoms with Crippen LogP contribution >= 0.6 is 11.3 Å². The van der Waals surface area contributed by atoms with Crippen molar-refractivity contribution in [3.8, 4) is 0 Å². The molecule has 1 spiro atoms. The molecule has 4 rings (SSSR count). The average Bonchev–Trinajstić information content (AvgIpc) is 3.07. The number of H-pyrrole nitrogens is 1. The van der Waals surface area contributed by atoms with E-state index in [1.54, 1.807) is 0 Å². The lowest BCUT2D eigenvalue weighted by Gasteiger charge is -2.40. The quantitative estimate of drug-likeness (QED) is 0.846. The molecule has 21 heavy (non-hydrogen) atoms. The maximum absolute atomic E-state index is 11.4. The first-order chi connectivity index (χ1) is 10.1. The van der Waals surface area contributed by atoms with Crippen molar-refractivity contribution in [3.05, 3.63) is 33.4 Å². The molecule has 0 bridgehead atoms. The molecule has 0 unspecified atom stereocenters. The van der Waals surface area contributed by atoms with Crippen LogP contribution < -0.4 is 4.87 Å². The highest BCUT2D eigenvalue weighted by molar-refractivity contribution is 7.16. The van der Waals surface area contributed by atoms with Gasteiger partial charge in [-0.05, 0) is 30.5 Å². The predicted octanol–water partition coefficient (Wildman–Crippen LogP) is 2.09. The van der Waals surface area contributed by atoms with Crippen molar-refractivity contribution in [3.63, 3.8) is 0 Å². The number of thiazole rings is 1. The zero-order valence-corrected chi connectivity index (χ0v) is 12.4. The monoisotopic (exact) mass is 307 g/mol. The Morgan fingerprint density at radius 2 is 1.86 bits per heavy atom. The van der Waals surface area contributed by atoms with Crippen molar-refractivity contribution in [1.29, 1.82) is 0 Å². The lowest BCUT2D eigenvalue weighted by atomic mass is 9.77. The molecule has 1 aromatic heterocycles. The summed E-state index contributed by atoms with van der Waals surface area (Å²) in [5.41, 5.74) is 0.840. The number of hydrogen-bond acceptors (Lipinski definition) is 5. The van der Waals surface area contributed by atoms with Gasteiger partial charge in [-0.15, -0.1) is 0 Å². The third kappa shape index (κ3) is 2.23. The lowest BCUT2D eigenvalue weighted by molar-refractivity contribution is -0.204. The Kier molecular flexibility index (Phi) is 2.97. The van der Waals surface area contributed by atoms with Crippen molar-refractivity contribution in [1.82, 2.24) is 4.98 Å². The predicted molar refractivity (Wildman–Crippen MR) is 79.4 cm³/mol. The smallest absolute Gasteiger partial charge is 0.305 e. The van der Waals surface area contributed by atoms with E-state index in [0.717, 1.165) is 15.8 Å². The molecule has 0 radical (unpaired) electrons. The molecule has 1 saturated carbocycles. The fraction of sp³-hybridized carbons (Fsp3) is 0.533. The molecule has 2 aromatic rings. The van der Waals surface area contributed by atoms with Crippen LogP contribution in [0.5, 0.6) is 0 Å². The molecule has 1 aliphatic heterocycles. The third-order valence-electron chi connectivity index (χ3n) is 4.61. The van der Waals surface area contributed by atoms with Crippen LogP contribution in [0.25, 0.3) is 10.2 Å². The number of hydrogen-bond donors (Lipinski definition) is 2. The summed E-state index contributed by atoms with van der Waals surface area (Å²) in [6.45, 7) is 1.28. The van der Waals surface area contributed by atoms with Crippen LogP contribution in [0.2, 0.25) is 0 Å². The van der Waals surface area contributed by atoms with E-state index in [-0.39, 0.29) is 4.87 Å². The van der Waals surface area contributed by atoms with Gasteiger partial charge in [0.25, 0.3) is 0 Å². The molecular formula is C15H17NO4S. The molecule has 2 aliphatic rings. The minimum atomic E-state index is -0.859. The third-order valence-corrected chi connectivity index (χ3v) is 5.46. The standard InChI is InChI=1S/C15H17NO4S/c17-13-16-11-2-1-10(9-12(11)21-13)14(18)3-5-15(6-4-14)19-7-8-20-15/h1-2,9,18H,3-8H2,(H,16,17). The first-order valence-corrected chi connectivity index (χ1v) is 8.04. The first-order valence-electron chi connectivity index (χ1n) is 7.22. The molecule has 2 fully saturated rings. The second kappa shape index (κ2) is 4.64. The number of aromatic amines is 1. The second-order valence-electron chi connectivity index (χ2n) is 5.86. The lowest BCUT2D eigenvalue weighted by Crippen LogP contribution is -2.42. The van der Waals surface area contributed by atoms with Crippen LogP contribution in [-0.4, -0.2) is 29.1 Å². The van der Waals surface area contributed by atoms with Crippen LogP contribution in [0.1, 0.15) is 31.2 Å². The number of benzene rings is 1. The molecule has 0 atom stereocenters. The fourth-order valence-corrected chi connectivity index (χ4v) is 4.13. The molecule has 6 heteroatoms. The second-order valence-corrected chi connectivity index (χ2v) is 6.88. The fourth-order valence-electron chi connectivity index (χ4n) is 3.35. The summed E-state index contributed by atoms with van der Waals surface area (Å²) < 4.78 is 12.3. The summed E-state index contributed by atoms with van der Waals surface area (Å²) in [6.07, 6.45) is 2.62. The Morgan fingerprint density at radius 3 is 2.57 bits per heavy atom. The zero-order chi connectivity index (χ0) is 14.5. The first kappa shape index (κ1) is 13.5. The molecule has 2 heterocycles. The number of nitrogens with one attached hydrogen (secondary N) is 1. The summed E-state index contributed by atoms with van der Waals surface area (Å²) in [4.78, 5) is 14.1. The molecule has 112 valence electrons. The SMILES string of the molecule is O=c1[nH]c2ccc(C3(O)CCC4(CC3)OCCO4)cc2s1. The van der Waals surface area contributed by atoms with Crippen molar-refractivity contribution in [2.45, 2.75) is 37.1 Å². The van der Waals surface area contributed by atoms with E-state index in [9.17, 15) is 9.90 Å². The highest BCUT2D eigenvalue weighted by Gasteiger charge is 2.46. The summed E-state index contributed by atoms with van der Waals surface area (Å²) in [7, 11) is 0. The molecular weight excluding hydrogens is 290 g/mol. The molecule has 2 N–H and O–H groups in total. The van der Waals surface area contributed by atoms with Crippen molar-refractivity contribution < 1.29 is 14.6 Å². The molecule has 1 saturated heterocycles. The Morgan fingerprint density at radius 1 is 1.14 bits per heavy atom. The Hall–Kier alpha value is -1.21. The highest BCUT2D eigenvalue weighted by atomic mass is 32.1. The van der Waals surface area contributed by atoms with E-state index in [1.165, 1.54) is 11.3 Å². The van der Waals surface area contributed by atoms with Crippen LogP contribution in [0.15, 0.2) is 23.0 Å². The Labute approximate surface area is 125 Å². The normalized spacial score (nSPS) is 23.9. The van der Waals surface area contributed by atoms with Gasteiger partial charge in [0.05, 0.1) is 29.0 Å². The topological polar surface area (TPSA) is 71.6 Å². The maximum atomic E-state index is 11.4. The summed E-state index contributed by atoms with van der Waals surface area (Å²) >= 11 is 1.18. The van der Waals surface area contributed by atoms with Gasteiger partial charge in [-0.25, -0.2) is 0 Å². The van der Waals surface area contributed by atoms with Crippen LogP contribution in [-0.2, 0) is 15.1 Å².